The molecule has 0 aromatic heterocycles. The minimum absolute atomic E-state index is 0.0456. The van der Waals surface area contributed by atoms with E-state index < -0.39 is 15.6 Å². The van der Waals surface area contributed by atoms with E-state index in [9.17, 15) is 13.5 Å². The third-order valence-electron chi connectivity index (χ3n) is 2.00. The van der Waals surface area contributed by atoms with Gasteiger partial charge in [0, 0.05) is 11.6 Å². The quantitative estimate of drug-likeness (QED) is 0.737. The first-order valence-corrected chi connectivity index (χ1v) is 7.23. The van der Waals surface area contributed by atoms with Crippen LogP contribution in [0.1, 0.15) is 13.8 Å². The Labute approximate surface area is 116 Å². The van der Waals surface area contributed by atoms with Gasteiger partial charge in [-0.3, -0.25) is 0 Å². The summed E-state index contributed by atoms with van der Waals surface area (Å²) in [6.07, 6.45) is 0. The van der Waals surface area contributed by atoms with E-state index in [-0.39, 0.29) is 27.2 Å². The number of hydrogen-bond donors (Lipinski definition) is 3. The van der Waals surface area contributed by atoms with Crippen LogP contribution in [0, 0.1) is 0 Å². The largest absolute Gasteiger partial charge is 0.398 e. The number of hydrogen-bond acceptors (Lipinski definition) is 4. The average molecular weight is 313 g/mol. The van der Waals surface area contributed by atoms with Gasteiger partial charge < -0.3 is 10.8 Å². The Kier molecular flexibility index (Phi) is 4.51. The van der Waals surface area contributed by atoms with Crippen LogP contribution in [0.2, 0.25) is 10.0 Å². The summed E-state index contributed by atoms with van der Waals surface area (Å²) in [6, 6.07) is 2.59. The Morgan fingerprint density at radius 1 is 1.39 bits per heavy atom. The average Bonchev–Trinajstić information content (AvgIpc) is 2.11. The molecule has 0 bridgehead atoms. The number of aliphatic hydroxyl groups is 1. The fourth-order valence-corrected chi connectivity index (χ4v) is 3.39. The van der Waals surface area contributed by atoms with E-state index in [2.05, 4.69) is 4.72 Å². The van der Waals surface area contributed by atoms with Gasteiger partial charge in [0.2, 0.25) is 10.0 Å². The standard InChI is InChI=1S/C10H14Cl2N2O3S/c1-10(2,15)5-14-18(16,17)9-7(12)3-6(11)4-8(9)13/h3-4,14-15H,5,13H2,1-2H3. The maximum absolute atomic E-state index is 12.0. The van der Waals surface area contributed by atoms with Gasteiger partial charge in [-0.05, 0) is 26.0 Å². The van der Waals surface area contributed by atoms with E-state index >= 15 is 0 Å². The first-order chi connectivity index (χ1) is 8.03. The van der Waals surface area contributed by atoms with Crippen LogP contribution in [-0.4, -0.2) is 25.7 Å². The lowest BCUT2D eigenvalue weighted by molar-refractivity contribution is 0.0857. The fourth-order valence-electron chi connectivity index (χ4n) is 1.21. The van der Waals surface area contributed by atoms with E-state index in [4.69, 9.17) is 28.9 Å². The highest BCUT2D eigenvalue weighted by molar-refractivity contribution is 7.89. The van der Waals surface area contributed by atoms with Crippen LogP contribution in [0.4, 0.5) is 5.69 Å². The Balaban J connectivity index is 3.14. The molecule has 102 valence electrons. The number of rotatable bonds is 4. The molecule has 0 aliphatic heterocycles. The number of nitrogens with two attached hydrogens (primary N) is 1. The molecule has 0 radical (unpaired) electrons. The molecule has 0 atom stereocenters. The van der Waals surface area contributed by atoms with Crippen molar-refractivity contribution in [3.8, 4) is 0 Å². The molecule has 5 nitrogen and oxygen atoms in total. The molecule has 0 fully saturated rings. The van der Waals surface area contributed by atoms with Crippen LogP contribution in [0.3, 0.4) is 0 Å². The summed E-state index contributed by atoms with van der Waals surface area (Å²) >= 11 is 11.5. The van der Waals surface area contributed by atoms with Gasteiger partial charge >= 0.3 is 0 Å². The molecule has 0 heterocycles. The molecule has 0 spiro atoms. The molecule has 8 heteroatoms. The Morgan fingerprint density at radius 2 is 1.94 bits per heavy atom. The van der Waals surface area contributed by atoms with Gasteiger partial charge in [-0.15, -0.1) is 0 Å². The smallest absolute Gasteiger partial charge is 0.244 e. The highest BCUT2D eigenvalue weighted by atomic mass is 35.5. The monoisotopic (exact) mass is 312 g/mol. The van der Waals surface area contributed by atoms with Crippen molar-refractivity contribution >= 4 is 38.9 Å². The van der Waals surface area contributed by atoms with Crippen molar-refractivity contribution in [2.45, 2.75) is 24.3 Å². The third kappa shape index (κ3) is 4.00. The molecule has 0 unspecified atom stereocenters. The summed E-state index contributed by atoms with van der Waals surface area (Å²) in [7, 11) is -3.90. The lowest BCUT2D eigenvalue weighted by Crippen LogP contribution is -2.38. The van der Waals surface area contributed by atoms with Crippen molar-refractivity contribution in [3.05, 3.63) is 22.2 Å². The molecule has 4 N–H and O–H groups in total. The van der Waals surface area contributed by atoms with Crippen LogP contribution in [0.5, 0.6) is 0 Å². The summed E-state index contributed by atoms with van der Waals surface area (Å²) < 4.78 is 26.2. The van der Waals surface area contributed by atoms with E-state index in [1.54, 1.807) is 0 Å². The van der Waals surface area contributed by atoms with Crippen molar-refractivity contribution in [3.63, 3.8) is 0 Å². The summed E-state index contributed by atoms with van der Waals surface area (Å²) in [4.78, 5) is -0.238. The highest BCUT2D eigenvalue weighted by Crippen LogP contribution is 2.30. The second-order valence-corrected chi connectivity index (χ2v) is 6.99. The predicted octanol–water partition coefficient (Wildman–Crippen LogP) is 1.62. The van der Waals surface area contributed by atoms with E-state index in [1.807, 2.05) is 0 Å². The van der Waals surface area contributed by atoms with Gasteiger partial charge in [-0.25, -0.2) is 13.1 Å². The lowest BCUT2D eigenvalue weighted by Gasteiger charge is -2.18. The van der Waals surface area contributed by atoms with Gasteiger partial charge in [-0.1, -0.05) is 23.2 Å². The SMILES string of the molecule is CC(C)(O)CNS(=O)(=O)c1c(N)cc(Cl)cc1Cl. The highest BCUT2D eigenvalue weighted by Gasteiger charge is 2.24. The molecule has 0 saturated heterocycles. The molecular weight excluding hydrogens is 299 g/mol. The predicted molar refractivity (Wildman–Crippen MR) is 72.4 cm³/mol. The number of benzene rings is 1. The van der Waals surface area contributed by atoms with Crippen LogP contribution in [0.15, 0.2) is 17.0 Å². The number of anilines is 1. The second kappa shape index (κ2) is 5.22. The zero-order valence-electron chi connectivity index (χ0n) is 9.87. The van der Waals surface area contributed by atoms with Gasteiger partial charge in [0.25, 0.3) is 0 Å². The van der Waals surface area contributed by atoms with Crippen LogP contribution in [0.25, 0.3) is 0 Å². The lowest BCUT2D eigenvalue weighted by atomic mass is 10.1. The summed E-state index contributed by atoms with van der Waals surface area (Å²) in [5, 5.41) is 9.68. The number of sulfonamides is 1. The zero-order chi connectivity index (χ0) is 14.1. The molecule has 1 aromatic rings. The van der Waals surface area contributed by atoms with E-state index in [0.717, 1.165) is 0 Å². The number of halogens is 2. The molecular formula is C10H14Cl2N2O3S. The number of nitrogens with one attached hydrogen (secondary N) is 1. The maximum Gasteiger partial charge on any atom is 0.244 e. The third-order valence-corrected chi connectivity index (χ3v) is 4.15. The second-order valence-electron chi connectivity index (χ2n) is 4.44. The fraction of sp³-hybridized carbons (Fsp3) is 0.400. The van der Waals surface area contributed by atoms with Crippen molar-refractivity contribution in [1.82, 2.24) is 4.72 Å². The molecule has 0 aliphatic carbocycles. The molecule has 0 saturated carbocycles. The Bertz CT molecular complexity index is 530. The van der Waals surface area contributed by atoms with Crippen molar-refractivity contribution < 1.29 is 13.5 Å². The van der Waals surface area contributed by atoms with Gasteiger partial charge in [-0.2, -0.15) is 0 Å². The minimum Gasteiger partial charge on any atom is -0.398 e. The molecule has 0 amide bonds. The first kappa shape index (κ1) is 15.5. The normalized spacial score (nSPS) is 12.7. The Morgan fingerprint density at radius 3 is 2.39 bits per heavy atom. The van der Waals surface area contributed by atoms with Crippen LogP contribution < -0.4 is 10.5 Å². The van der Waals surface area contributed by atoms with Gasteiger partial charge in [0.15, 0.2) is 0 Å². The topological polar surface area (TPSA) is 92.4 Å². The molecule has 0 aliphatic rings. The zero-order valence-corrected chi connectivity index (χ0v) is 12.2. The van der Waals surface area contributed by atoms with E-state index in [1.165, 1.54) is 26.0 Å². The summed E-state index contributed by atoms with van der Waals surface area (Å²) in [6.45, 7) is 2.79. The van der Waals surface area contributed by atoms with Crippen molar-refractivity contribution in [1.29, 1.82) is 0 Å². The minimum atomic E-state index is -3.90. The van der Waals surface area contributed by atoms with Crippen LogP contribution in [-0.2, 0) is 10.0 Å². The van der Waals surface area contributed by atoms with Crippen molar-refractivity contribution in [2.24, 2.45) is 0 Å². The maximum atomic E-state index is 12.0. The summed E-state index contributed by atoms with van der Waals surface area (Å²) in [5.74, 6) is 0. The molecule has 1 rings (SSSR count). The van der Waals surface area contributed by atoms with E-state index in [0.29, 0.717) is 0 Å². The van der Waals surface area contributed by atoms with Crippen molar-refractivity contribution in [2.75, 3.05) is 12.3 Å². The molecule has 18 heavy (non-hydrogen) atoms. The van der Waals surface area contributed by atoms with Gasteiger partial charge in [0.05, 0.1) is 16.3 Å². The number of nitrogen functional groups attached to an aromatic ring is 1. The van der Waals surface area contributed by atoms with Gasteiger partial charge in [0.1, 0.15) is 4.90 Å². The first-order valence-electron chi connectivity index (χ1n) is 4.99. The van der Waals surface area contributed by atoms with Crippen LogP contribution >= 0.6 is 23.2 Å². The molecule has 1 aromatic carbocycles. The Hall–Kier alpha value is -0.530. The summed E-state index contributed by atoms with van der Waals surface area (Å²) in [5.41, 5.74) is 4.37.